The van der Waals surface area contributed by atoms with Crippen LogP contribution in [0.25, 0.3) is 0 Å². The first-order valence-corrected chi connectivity index (χ1v) is 5.29. The topological polar surface area (TPSA) is 60.2 Å². The lowest BCUT2D eigenvalue weighted by Gasteiger charge is -2.02. The first-order chi connectivity index (χ1) is 6.72. The van der Waals surface area contributed by atoms with Crippen LogP contribution in [0.2, 0.25) is 0 Å². The average Bonchev–Trinajstić information content (AvgIpc) is 2.30. The standard InChI is InChI=1S/C8H14O2.C2H6.CH5N/c1-3-4-5-7(2)8(10)6-9;2*1-2/h6-7H,3-5H2,1-2H3;1-2H3;2H2,1H3/t7-;;/m0../s1. The average molecular weight is 203 g/mol. The van der Waals surface area contributed by atoms with Crippen LogP contribution in [-0.2, 0) is 9.59 Å². The van der Waals surface area contributed by atoms with Crippen LogP contribution in [-0.4, -0.2) is 19.1 Å². The summed E-state index contributed by atoms with van der Waals surface area (Å²) in [5.74, 6) is -0.342. The number of aldehydes is 1. The van der Waals surface area contributed by atoms with E-state index in [0.29, 0.717) is 6.29 Å². The van der Waals surface area contributed by atoms with Crippen molar-refractivity contribution in [2.24, 2.45) is 11.7 Å². The minimum Gasteiger partial charge on any atom is -0.333 e. The molecule has 3 nitrogen and oxygen atoms in total. The summed E-state index contributed by atoms with van der Waals surface area (Å²) in [5.41, 5.74) is 4.50. The van der Waals surface area contributed by atoms with E-state index in [-0.39, 0.29) is 11.7 Å². The quantitative estimate of drug-likeness (QED) is 0.550. The molecule has 0 rings (SSSR count). The Morgan fingerprint density at radius 1 is 1.36 bits per heavy atom. The van der Waals surface area contributed by atoms with Crippen molar-refractivity contribution in [3.63, 3.8) is 0 Å². The minimum absolute atomic E-state index is 0.0718. The molecule has 0 aliphatic rings. The number of hydrogen-bond acceptors (Lipinski definition) is 3. The molecule has 0 fully saturated rings. The van der Waals surface area contributed by atoms with Gasteiger partial charge in [0, 0.05) is 5.92 Å². The number of ketones is 1. The van der Waals surface area contributed by atoms with E-state index in [1.54, 1.807) is 6.92 Å². The summed E-state index contributed by atoms with van der Waals surface area (Å²) in [6.07, 6.45) is 3.37. The fourth-order valence-corrected chi connectivity index (χ4v) is 0.769. The van der Waals surface area contributed by atoms with Gasteiger partial charge < -0.3 is 5.73 Å². The first kappa shape index (κ1) is 19.0. The fourth-order valence-electron chi connectivity index (χ4n) is 0.769. The maximum absolute atomic E-state index is 10.6. The number of carbonyl (C=O) groups is 2. The Balaban J connectivity index is -0.000000266. The third kappa shape index (κ3) is 13.9. The Morgan fingerprint density at radius 3 is 2.07 bits per heavy atom. The number of unbranched alkanes of at least 4 members (excludes halogenated alkanes) is 1. The van der Waals surface area contributed by atoms with Crippen molar-refractivity contribution in [2.45, 2.75) is 47.0 Å². The van der Waals surface area contributed by atoms with Crippen molar-refractivity contribution in [2.75, 3.05) is 7.05 Å². The molecule has 0 aromatic heterocycles. The molecule has 0 aromatic carbocycles. The van der Waals surface area contributed by atoms with Gasteiger partial charge in [0.2, 0.25) is 0 Å². The fraction of sp³-hybridized carbons (Fsp3) is 0.818. The van der Waals surface area contributed by atoms with E-state index in [1.165, 1.54) is 7.05 Å². The summed E-state index contributed by atoms with van der Waals surface area (Å²) >= 11 is 0. The SMILES string of the molecule is CC.CCCC[C@H](C)C(=O)C=O.CN. The van der Waals surface area contributed by atoms with Crippen molar-refractivity contribution < 1.29 is 9.59 Å². The van der Waals surface area contributed by atoms with E-state index >= 15 is 0 Å². The number of nitrogens with two attached hydrogens (primary N) is 1. The van der Waals surface area contributed by atoms with Crippen LogP contribution in [0.1, 0.15) is 47.0 Å². The zero-order chi connectivity index (χ0) is 12.0. The molecule has 0 bridgehead atoms. The highest BCUT2D eigenvalue weighted by molar-refractivity contribution is 6.25. The predicted octanol–water partition coefficient (Wildman–Crippen LogP) is 2.18. The number of Topliss-reactive ketones (excluding diaryl/α,β-unsaturated/α-hetero) is 1. The lowest BCUT2D eigenvalue weighted by atomic mass is 10.0. The van der Waals surface area contributed by atoms with E-state index in [9.17, 15) is 9.59 Å². The Bertz CT molecular complexity index is 124. The van der Waals surface area contributed by atoms with Gasteiger partial charge in [-0.25, -0.2) is 0 Å². The van der Waals surface area contributed by atoms with Crippen molar-refractivity contribution in [1.29, 1.82) is 0 Å². The van der Waals surface area contributed by atoms with Crippen LogP contribution >= 0.6 is 0 Å². The second kappa shape index (κ2) is 18.2. The lowest BCUT2D eigenvalue weighted by molar-refractivity contribution is -0.132. The largest absolute Gasteiger partial charge is 0.333 e. The maximum atomic E-state index is 10.6. The smallest absolute Gasteiger partial charge is 0.197 e. The van der Waals surface area contributed by atoms with Gasteiger partial charge in [0.1, 0.15) is 0 Å². The van der Waals surface area contributed by atoms with E-state index in [1.807, 2.05) is 13.8 Å². The van der Waals surface area contributed by atoms with Gasteiger partial charge in [-0.2, -0.15) is 0 Å². The van der Waals surface area contributed by atoms with Crippen molar-refractivity contribution >= 4 is 12.1 Å². The van der Waals surface area contributed by atoms with Gasteiger partial charge in [-0.1, -0.05) is 40.5 Å². The van der Waals surface area contributed by atoms with Gasteiger partial charge in [-0.05, 0) is 13.5 Å². The van der Waals surface area contributed by atoms with Gasteiger partial charge >= 0.3 is 0 Å². The van der Waals surface area contributed by atoms with Crippen LogP contribution in [0.15, 0.2) is 0 Å². The molecule has 0 aliphatic carbocycles. The summed E-state index contributed by atoms with van der Waals surface area (Å²) < 4.78 is 0. The van der Waals surface area contributed by atoms with E-state index in [0.717, 1.165) is 19.3 Å². The highest BCUT2D eigenvalue weighted by Gasteiger charge is 2.09. The molecule has 2 N–H and O–H groups in total. The molecule has 0 saturated carbocycles. The van der Waals surface area contributed by atoms with Gasteiger partial charge in [-0.3, -0.25) is 9.59 Å². The molecule has 0 spiro atoms. The van der Waals surface area contributed by atoms with E-state index < -0.39 is 0 Å². The van der Waals surface area contributed by atoms with Gasteiger partial charge in [0.25, 0.3) is 0 Å². The molecule has 0 radical (unpaired) electrons. The van der Waals surface area contributed by atoms with Gasteiger partial charge in [0.15, 0.2) is 12.1 Å². The molecule has 86 valence electrons. The third-order valence-corrected chi connectivity index (χ3v) is 1.59. The normalized spacial score (nSPS) is 9.86. The second-order valence-electron chi connectivity index (χ2n) is 2.56. The van der Waals surface area contributed by atoms with Crippen molar-refractivity contribution in [3.8, 4) is 0 Å². The minimum atomic E-state index is -0.270. The Morgan fingerprint density at radius 2 is 1.79 bits per heavy atom. The Kier molecular flexibility index (Phi) is 24.6. The summed E-state index contributed by atoms with van der Waals surface area (Å²) in [6, 6.07) is 0. The predicted molar refractivity (Wildman–Crippen MR) is 61.2 cm³/mol. The molecular weight excluding hydrogens is 178 g/mol. The monoisotopic (exact) mass is 203 g/mol. The van der Waals surface area contributed by atoms with Crippen LogP contribution in [0, 0.1) is 5.92 Å². The zero-order valence-electron chi connectivity index (χ0n) is 10.2. The highest BCUT2D eigenvalue weighted by Crippen LogP contribution is 2.06. The van der Waals surface area contributed by atoms with Gasteiger partial charge in [-0.15, -0.1) is 0 Å². The van der Waals surface area contributed by atoms with Crippen LogP contribution in [0.5, 0.6) is 0 Å². The number of carbonyl (C=O) groups excluding carboxylic acids is 2. The van der Waals surface area contributed by atoms with Crippen molar-refractivity contribution in [1.82, 2.24) is 0 Å². The second-order valence-corrected chi connectivity index (χ2v) is 2.56. The van der Waals surface area contributed by atoms with E-state index in [4.69, 9.17) is 0 Å². The molecule has 1 atom stereocenters. The summed E-state index contributed by atoms with van der Waals surface area (Å²) in [5, 5.41) is 0. The molecule has 0 unspecified atom stereocenters. The maximum Gasteiger partial charge on any atom is 0.197 e. The highest BCUT2D eigenvalue weighted by atomic mass is 16.2. The molecule has 3 heteroatoms. The first-order valence-electron chi connectivity index (χ1n) is 5.29. The summed E-state index contributed by atoms with van der Waals surface area (Å²) in [7, 11) is 1.50. The molecule has 0 aromatic rings. The lowest BCUT2D eigenvalue weighted by Crippen LogP contribution is -2.11. The molecule has 0 saturated heterocycles. The third-order valence-electron chi connectivity index (χ3n) is 1.59. The molecular formula is C11H25NO2. The van der Waals surface area contributed by atoms with Crippen LogP contribution < -0.4 is 5.73 Å². The van der Waals surface area contributed by atoms with Gasteiger partial charge in [0.05, 0.1) is 0 Å². The number of rotatable bonds is 5. The van der Waals surface area contributed by atoms with Crippen LogP contribution in [0.4, 0.5) is 0 Å². The molecule has 14 heavy (non-hydrogen) atoms. The Hall–Kier alpha value is -0.700. The van der Waals surface area contributed by atoms with E-state index in [2.05, 4.69) is 12.7 Å². The summed E-state index contributed by atoms with van der Waals surface area (Å²) in [6.45, 7) is 7.87. The number of hydrogen-bond donors (Lipinski definition) is 1. The summed E-state index contributed by atoms with van der Waals surface area (Å²) in [4.78, 5) is 20.6. The molecule has 0 heterocycles. The Labute approximate surface area is 88.1 Å². The zero-order valence-corrected chi connectivity index (χ0v) is 10.2. The molecule has 0 aliphatic heterocycles. The van der Waals surface area contributed by atoms with Crippen LogP contribution in [0.3, 0.4) is 0 Å². The van der Waals surface area contributed by atoms with Crippen molar-refractivity contribution in [3.05, 3.63) is 0 Å². The molecule has 0 amide bonds.